The van der Waals surface area contributed by atoms with E-state index in [0.717, 1.165) is 25.7 Å². The summed E-state index contributed by atoms with van der Waals surface area (Å²) in [6, 6.07) is 0. The molecular formula is C16H32O7. The fraction of sp³-hybridized carbons (Fsp3) is 0.875. The summed E-state index contributed by atoms with van der Waals surface area (Å²) in [6.07, 6.45) is 5.04. The first-order chi connectivity index (χ1) is 10.7. The van der Waals surface area contributed by atoms with Crippen LogP contribution in [0.1, 0.15) is 72.1 Å². The highest BCUT2D eigenvalue weighted by molar-refractivity contribution is 5.67. The summed E-state index contributed by atoms with van der Waals surface area (Å²) in [4.78, 5) is 19.8. The Balaban J connectivity index is 0. The molecule has 0 aromatic carbocycles. The third-order valence-electron chi connectivity index (χ3n) is 2.77. The van der Waals surface area contributed by atoms with E-state index in [4.69, 9.17) is 19.7 Å². The number of aliphatic carboxylic acids is 2. The number of ether oxygens (including phenoxy) is 2. The molecule has 0 aliphatic rings. The molecule has 0 saturated heterocycles. The second-order valence-electron chi connectivity index (χ2n) is 5.30. The van der Waals surface area contributed by atoms with Crippen LogP contribution in [-0.4, -0.2) is 46.4 Å². The molecule has 0 unspecified atom stereocenters. The van der Waals surface area contributed by atoms with E-state index in [1.807, 2.05) is 0 Å². The molecule has 0 amide bonds. The maximum Gasteiger partial charge on any atom is 0.303 e. The van der Waals surface area contributed by atoms with E-state index in [0.29, 0.717) is 26.1 Å². The van der Waals surface area contributed by atoms with Crippen molar-refractivity contribution in [1.29, 1.82) is 0 Å². The van der Waals surface area contributed by atoms with Gasteiger partial charge in [-0.2, -0.15) is 0 Å². The van der Waals surface area contributed by atoms with Crippen LogP contribution in [0, 0.1) is 0 Å². The number of aliphatic hydroxyl groups is 1. The van der Waals surface area contributed by atoms with Gasteiger partial charge in [0.2, 0.25) is 0 Å². The van der Waals surface area contributed by atoms with E-state index in [2.05, 4.69) is 13.8 Å². The lowest BCUT2D eigenvalue weighted by Crippen LogP contribution is -2.32. The molecule has 0 saturated carbocycles. The Morgan fingerprint density at radius 2 is 1.17 bits per heavy atom. The average molecular weight is 336 g/mol. The Morgan fingerprint density at radius 3 is 1.43 bits per heavy atom. The molecule has 0 spiro atoms. The van der Waals surface area contributed by atoms with E-state index in [1.54, 1.807) is 6.92 Å². The molecule has 0 aromatic heterocycles. The van der Waals surface area contributed by atoms with Gasteiger partial charge in [-0.05, 0) is 25.7 Å². The maximum atomic E-state index is 9.90. The van der Waals surface area contributed by atoms with Gasteiger partial charge in [-0.15, -0.1) is 0 Å². The normalized spacial score (nSPS) is 10.8. The number of carboxylic acids is 2. The highest BCUT2D eigenvalue weighted by Crippen LogP contribution is 2.09. The smallest absolute Gasteiger partial charge is 0.303 e. The summed E-state index contributed by atoms with van der Waals surface area (Å²) in [7, 11) is 0. The van der Waals surface area contributed by atoms with Crippen LogP contribution < -0.4 is 0 Å². The van der Waals surface area contributed by atoms with Crippen LogP contribution in [0.5, 0.6) is 0 Å². The number of hydrogen-bond acceptors (Lipinski definition) is 5. The Labute approximate surface area is 138 Å². The van der Waals surface area contributed by atoms with E-state index in [-0.39, 0.29) is 12.8 Å². The van der Waals surface area contributed by atoms with Gasteiger partial charge in [0.05, 0.1) is 13.2 Å². The summed E-state index contributed by atoms with van der Waals surface area (Å²) in [5.41, 5.74) is 0. The molecule has 0 heterocycles. The molecule has 0 aliphatic heterocycles. The van der Waals surface area contributed by atoms with Gasteiger partial charge in [-0.25, -0.2) is 0 Å². The Bertz CT molecular complexity index is 275. The first-order valence-corrected chi connectivity index (χ1v) is 8.19. The Hall–Kier alpha value is -1.18. The van der Waals surface area contributed by atoms with Gasteiger partial charge >= 0.3 is 11.9 Å². The van der Waals surface area contributed by atoms with Crippen molar-refractivity contribution in [2.24, 2.45) is 0 Å². The van der Waals surface area contributed by atoms with Gasteiger partial charge in [-0.1, -0.05) is 26.7 Å². The van der Waals surface area contributed by atoms with Crippen LogP contribution in [0.2, 0.25) is 0 Å². The minimum atomic E-state index is -1.40. The number of unbranched alkanes of at least 4 members (excludes halogenated alkanes) is 3. The predicted molar refractivity (Wildman–Crippen MR) is 86.1 cm³/mol. The molecule has 23 heavy (non-hydrogen) atoms. The lowest BCUT2D eigenvalue weighted by molar-refractivity contribution is -0.349. The third-order valence-corrected chi connectivity index (χ3v) is 2.77. The summed E-state index contributed by atoms with van der Waals surface area (Å²) >= 11 is 0. The van der Waals surface area contributed by atoms with Crippen LogP contribution in [0.4, 0.5) is 0 Å². The van der Waals surface area contributed by atoms with Crippen molar-refractivity contribution in [1.82, 2.24) is 0 Å². The van der Waals surface area contributed by atoms with Crippen molar-refractivity contribution in [3.63, 3.8) is 0 Å². The van der Waals surface area contributed by atoms with Crippen molar-refractivity contribution in [2.45, 2.75) is 78.1 Å². The van der Waals surface area contributed by atoms with Gasteiger partial charge in [0, 0.05) is 19.8 Å². The number of hydrogen-bond donors (Lipinski definition) is 3. The fourth-order valence-corrected chi connectivity index (χ4v) is 1.41. The standard InChI is InChI=1S/C10H22O3.C6H10O4/c1-4-6-8-12-10(3,11)13-9-7-5-2;7-5(8)3-1-2-4-6(9)10/h11H,4-9H2,1-3H3;1-4H2,(H,7,8)(H,9,10). The number of rotatable bonds is 13. The van der Waals surface area contributed by atoms with Crippen LogP contribution >= 0.6 is 0 Å². The van der Waals surface area contributed by atoms with Gasteiger partial charge in [0.1, 0.15) is 0 Å². The third kappa shape index (κ3) is 23.2. The molecule has 0 rings (SSSR count). The summed E-state index contributed by atoms with van der Waals surface area (Å²) in [5.74, 6) is -3.14. The fourth-order valence-electron chi connectivity index (χ4n) is 1.41. The van der Waals surface area contributed by atoms with Gasteiger partial charge in [0.15, 0.2) is 0 Å². The molecule has 0 bridgehead atoms. The molecule has 0 aliphatic carbocycles. The zero-order valence-corrected chi connectivity index (χ0v) is 14.5. The van der Waals surface area contributed by atoms with Crippen LogP contribution in [0.15, 0.2) is 0 Å². The van der Waals surface area contributed by atoms with Crippen LogP contribution in [0.25, 0.3) is 0 Å². The second-order valence-corrected chi connectivity index (χ2v) is 5.30. The van der Waals surface area contributed by atoms with E-state index < -0.39 is 17.9 Å². The number of carbonyl (C=O) groups is 2. The predicted octanol–water partition coefficient (Wildman–Crippen LogP) is 3.00. The molecular weight excluding hydrogens is 304 g/mol. The lowest BCUT2D eigenvalue weighted by Gasteiger charge is -2.23. The van der Waals surface area contributed by atoms with E-state index in [9.17, 15) is 14.7 Å². The van der Waals surface area contributed by atoms with E-state index in [1.165, 1.54) is 0 Å². The lowest BCUT2D eigenvalue weighted by atomic mass is 10.2. The minimum Gasteiger partial charge on any atom is -0.481 e. The van der Waals surface area contributed by atoms with Crippen molar-refractivity contribution in [3.8, 4) is 0 Å². The first kappa shape index (κ1) is 24.1. The van der Waals surface area contributed by atoms with Crippen molar-refractivity contribution in [3.05, 3.63) is 0 Å². The molecule has 7 nitrogen and oxygen atoms in total. The van der Waals surface area contributed by atoms with Gasteiger partial charge < -0.3 is 24.8 Å². The summed E-state index contributed by atoms with van der Waals surface area (Å²) in [6.45, 7) is 6.80. The largest absolute Gasteiger partial charge is 0.481 e. The Morgan fingerprint density at radius 1 is 0.826 bits per heavy atom. The second kappa shape index (κ2) is 15.7. The van der Waals surface area contributed by atoms with Gasteiger partial charge in [0.25, 0.3) is 5.97 Å². The Kier molecular flexibility index (Phi) is 16.4. The molecule has 7 heteroatoms. The minimum absolute atomic E-state index is 0.0628. The van der Waals surface area contributed by atoms with Crippen molar-refractivity contribution < 1.29 is 34.4 Å². The highest BCUT2D eigenvalue weighted by atomic mass is 16.8. The molecule has 0 radical (unpaired) electrons. The molecule has 0 fully saturated rings. The summed E-state index contributed by atoms with van der Waals surface area (Å²) < 4.78 is 10.3. The first-order valence-electron chi connectivity index (χ1n) is 8.19. The van der Waals surface area contributed by atoms with Crippen molar-refractivity contribution >= 4 is 11.9 Å². The molecule has 3 N–H and O–H groups in total. The number of carboxylic acid groups (broad SMARTS) is 2. The zero-order valence-electron chi connectivity index (χ0n) is 14.5. The van der Waals surface area contributed by atoms with Gasteiger partial charge in [-0.3, -0.25) is 9.59 Å². The van der Waals surface area contributed by atoms with Crippen molar-refractivity contribution in [2.75, 3.05) is 13.2 Å². The SMILES string of the molecule is CCCCOC(C)(O)OCCCC.O=C(O)CCCCC(=O)O. The van der Waals surface area contributed by atoms with Crippen LogP contribution in [0.3, 0.4) is 0 Å². The average Bonchev–Trinajstić information content (AvgIpc) is 2.44. The highest BCUT2D eigenvalue weighted by Gasteiger charge is 2.20. The van der Waals surface area contributed by atoms with Crippen LogP contribution in [-0.2, 0) is 19.1 Å². The zero-order chi connectivity index (χ0) is 18.1. The monoisotopic (exact) mass is 336 g/mol. The quantitative estimate of drug-likeness (QED) is 0.350. The molecule has 0 atom stereocenters. The topological polar surface area (TPSA) is 113 Å². The summed E-state index contributed by atoms with van der Waals surface area (Å²) in [5, 5.41) is 25.8. The molecule has 138 valence electrons. The van der Waals surface area contributed by atoms with E-state index >= 15 is 0 Å². The maximum absolute atomic E-state index is 9.90. The molecule has 0 aromatic rings.